The number of alkyl halides is 6. The molecule has 2 heterocycles. The highest BCUT2D eigenvalue weighted by Gasteiger charge is 2.35. The average Bonchev–Trinajstić information content (AvgIpc) is 2.65. The fourth-order valence-electron chi connectivity index (χ4n) is 2.44. The number of aliphatic imine (C=N–C) groups is 1. The van der Waals surface area contributed by atoms with Crippen molar-refractivity contribution in [2.45, 2.75) is 44.4 Å². The SMILES string of the molecule is CCC(=Nc1cc(C(F)(F)F)ncc1C)c1ncc(C(F)(F)F)cc1S(=O)(=O)CC. The van der Waals surface area contributed by atoms with Crippen LogP contribution in [-0.2, 0) is 22.2 Å². The largest absolute Gasteiger partial charge is 0.433 e. The van der Waals surface area contributed by atoms with Crippen LogP contribution in [0.25, 0.3) is 0 Å². The fraction of sp³-hybridized carbons (Fsp3) is 0.389. The molecule has 0 aliphatic rings. The molecule has 12 heteroatoms. The molecule has 0 aliphatic heterocycles. The van der Waals surface area contributed by atoms with Crippen LogP contribution in [0.15, 0.2) is 34.4 Å². The summed E-state index contributed by atoms with van der Waals surface area (Å²) in [5.41, 5.74) is -2.75. The van der Waals surface area contributed by atoms with Crippen molar-refractivity contribution in [2.24, 2.45) is 4.99 Å². The molecular formula is C18H17F6N3O2S. The summed E-state index contributed by atoms with van der Waals surface area (Å²) in [6.45, 7) is 4.23. The topological polar surface area (TPSA) is 72.3 Å². The molecule has 5 nitrogen and oxygen atoms in total. The highest BCUT2D eigenvalue weighted by atomic mass is 32.2. The first-order valence-electron chi connectivity index (χ1n) is 8.62. The van der Waals surface area contributed by atoms with E-state index >= 15 is 0 Å². The van der Waals surface area contributed by atoms with Crippen molar-refractivity contribution >= 4 is 21.2 Å². The Kier molecular flexibility index (Phi) is 6.60. The van der Waals surface area contributed by atoms with E-state index in [-0.39, 0.29) is 29.1 Å². The summed E-state index contributed by atoms with van der Waals surface area (Å²) in [6, 6.07) is 1.15. The van der Waals surface area contributed by atoms with Crippen molar-refractivity contribution in [1.82, 2.24) is 9.97 Å². The zero-order valence-electron chi connectivity index (χ0n) is 16.1. The van der Waals surface area contributed by atoms with Crippen molar-refractivity contribution in [3.63, 3.8) is 0 Å². The zero-order chi connectivity index (χ0) is 22.9. The first kappa shape index (κ1) is 23.8. The minimum atomic E-state index is -4.82. The average molecular weight is 453 g/mol. The molecule has 0 N–H and O–H groups in total. The zero-order valence-corrected chi connectivity index (χ0v) is 16.9. The number of hydrogen-bond donors (Lipinski definition) is 0. The standard InChI is InChI=1S/C18H17F6N3O2S/c1-4-12(27-13-7-15(18(22,23)24)25-8-10(13)3)16-14(30(28,29)5-2)6-11(9-26-16)17(19,20)21/h6-9H,4-5H2,1-3H3. The second kappa shape index (κ2) is 8.32. The number of sulfone groups is 1. The lowest BCUT2D eigenvalue weighted by Crippen LogP contribution is -2.16. The van der Waals surface area contributed by atoms with E-state index in [2.05, 4.69) is 15.0 Å². The van der Waals surface area contributed by atoms with Gasteiger partial charge in [-0.25, -0.2) is 8.42 Å². The van der Waals surface area contributed by atoms with Crippen LogP contribution in [0, 0.1) is 6.92 Å². The number of halogens is 6. The van der Waals surface area contributed by atoms with Crippen molar-refractivity contribution in [2.75, 3.05) is 5.75 Å². The van der Waals surface area contributed by atoms with Gasteiger partial charge in [-0.15, -0.1) is 0 Å². The quantitative estimate of drug-likeness (QED) is 0.464. The molecule has 0 saturated heterocycles. The molecular weight excluding hydrogens is 436 g/mol. The maximum atomic E-state index is 13.1. The van der Waals surface area contributed by atoms with E-state index in [1.54, 1.807) is 0 Å². The van der Waals surface area contributed by atoms with Crippen LogP contribution < -0.4 is 0 Å². The Hall–Kier alpha value is -2.50. The van der Waals surface area contributed by atoms with Gasteiger partial charge in [0.15, 0.2) is 9.84 Å². The monoisotopic (exact) mass is 453 g/mol. The molecule has 0 aromatic carbocycles. The predicted molar refractivity (Wildman–Crippen MR) is 97.4 cm³/mol. The molecule has 0 bridgehead atoms. The smallest absolute Gasteiger partial charge is 0.253 e. The minimum Gasteiger partial charge on any atom is -0.253 e. The van der Waals surface area contributed by atoms with E-state index in [1.165, 1.54) is 20.8 Å². The molecule has 2 aromatic rings. The lowest BCUT2D eigenvalue weighted by atomic mass is 10.1. The van der Waals surface area contributed by atoms with Gasteiger partial charge >= 0.3 is 12.4 Å². The Morgan fingerprint density at radius 1 is 1.00 bits per heavy atom. The normalized spacial score (nSPS) is 13.6. The van der Waals surface area contributed by atoms with Gasteiger partial charge in [-0.2, -0.15) is 26.3 Å². The van der Waals surface area contributed by atoms with Crippen molar-refractivity contribution < 1.29 is 34.8 Å². The summed E-state index contributed by atoms with van der Waals surface area (Å²) >= 11 is 0. The van der Waals surface area contributed by atoms with Crippen LogP contribution >= 0.6 is 0 Å². The maximum absolute atomic E-state index is 13.1. The predicted octanol–water partition coefficient (Wildman–Crippen LogP) is 5.15. The van der Waals surface area contributed by atoms with Crippen molar-refractivity contribution in [3.05, 3.63) is 47.0 Å². The van der Waals surface area contributed by atoms with E-state index in [0.29, 0.717) is 18.3 Å². The summed E-state index contributed by atoms with van der Waals surface area (Å²) in [5.74, 6) is -0.494. The highest BCUT2D eigenvalue weighted by Crippen LogP contribution is 2.33. The van der Waals surface area contributed by atoms with Gasteiger partial charge in [0.25, 0.3) is 0 Å². The number of aromatic nitrogens is 2. The maximum Gasteiger partial charge on any atom is 0.433 e. The van der Waals surface area contributed by atoms with Gasteiger partial charge in [0.1, 0.15) is 11.4 Å². The van der Waals surface area contributed by atoms with Crippen LogP contribution in [0.4, 0.5) is 32.0 Å². The van der Waals surface area contributed by atoms with Gasteiger partial charge in [-0.05, 0) is 31.0 Å². The van der Waals surface area contributed by atoms with Crippen LogP contribution in [0.5, 0.6) is 0 Å². The number of rotatable bonds is 5. The molecule has 0 aliphatic carbocycles. The van der Waals surface area contributed by atoms with Gasteiger partial charge in [-0.3, -0.25) is 15.0 Å². The molecule has 2 rings (SSSR count). The first-order valence-corrected chi connectivity index (χ1v) is 10.3. The van der Waals surface area contributed by atoms with Crippen LogP contribution in [-0.4, -0.2) is 29.9 Å². The number of hydrogen-bond acceptors (Lipinski definition) is 5. The summed E-state index contributed by atoms with van der Waals surface area (Å²) in [7, 11) is -4.14. The van der Waals surface area contributed by atoms with E-state index in [1.807, 2.05) is 0 Å². The molecule has 0 amide bonds. The van der Waals surface area contributed by atoms with Crippen LogP contribution in [0.2, 0.25) is 0 Å². The van der Waals surface area contributed by atoms with E-state index in [0.717, 1.165) is 6.20 Å². The molecule has 164 valence electrons. The Bertz CT molecular complexity index is 1080. The third-order valence-electron chi connectivity index (χ3n) is 4.12. The lowest BCUT2D eigenvalue weighted by Gasteiger charge is -2.14. The Morgan fingerprint density at radius 3 is 2.13 bits per heavy atom. The lowest BCUT2D eigenvalue weighted by molar-refractivity contribution is -0.141. The van der Waals surface area contributed by atoms with Gasteiger partial charge in [0, 0.05) is 12.4 Å². The summed E-state index contributed by atoms with van der Waals surface area (Å²) < 4.78 is 103. The third-order valence-corrected chi connectivity index (χ3v) is 5.87. The second-order valence-electron chi connectivity index (χ2n) is 6.24. The highest BCUT2D eigenvalue weighted by molar-refractivity contribution is 7.91. The molecule has 0 unspecified atom stereocenters. The molecule has 30 heavy (non-hydrogen) atoms. The molecule has 0 saturated carbocycles. The fourth-order valence-corrected chi connectivity index (χ4v) is 3.52. The molecule has 2 aromatic heterocycles. The Labute approximate surface area is 168 Å². The van der Waals surface area contributed by atoms with E-state index in [9.17, 15) is 34.8 Å². The van der Waals surface area contributed by atoms with Crippen LogP contribution in [0.3, 0.4) is 0 Å². The first-order chi connectivity index (χ1) is 13.7. The van der Waals surface area contributed by atoms with Gasteiger partial charge in [-0.1, -0.05) is 13.8 Å². The summed E-state index contributed by atoms with van der Waals surface area (Å²) in [5, 5.41) is 0. The number of aryl methyl sites for hydroxylation is 1. The molecule has 0 fully saturated rings. The van der Waals surface area contributed by atoms with Crippen LogP contribution in [0.1, 0.15) is 42.8 Å². The Morgan fingerprint density at radius 2 is 1.63 bits per heavy atom. The summed E-state index contributed by atoms with van der Waals surface area (Å²) in [4.78, 5) is 10.4. The van der Waals surface area contributed by atoms with Gasteiger partial charge in [0.2, 0.25) is 0 Å². The van der Waals surface area contributed by atoms with Gasteiger partial charge < -0.3 is 0 Å². The molecule has 0 radical (unpaired) electrons. The minimum absolute atomic E-state index is 0.00765. The number of nitrogens with zero attached hydrogens (tertiary/aromatic N) is 3. The summed E-state index contributed by atoms with van der Waals surface area (Å²) in [6.07, 6.45) is -8.12. The van der Waals surface area contributed by atoms with E-state index in [4.69, 9.17) is 0 Å². The molecule has 0 atom stereocenters. The van der Waals surface area contributed by atoms with E-state index < -0.39 is 44.1 Å². The van der Waals surface area contributed by atoms with Crippen molar-refractivity contribution in [1.29, 1.82) is 0 Å². The van der Waals surface area contributed by atoms with Gasteiger partial charge in [0.05, 0.1) is 27.6 Å². The second-order valence-corrected chi connectivity index (χ2v) is 8.48. The van der Waals surface area contributed by atoms with Crippen molar-refractivity contribution in [3.8, 4) is 0 Å². The molecule has 0 spiro atoms. The number of pyridine rings is 2. The Balaban J connectivity index is 2.75. The third kappa shape index (κ3) is 5.15.